The molecule has 0 aliphatic heterocycles. The molecule has 0 bridgehead atoms. The molecule has 0 aliphatic carbocycles. The fourth-order valence-electron chi connectivity index (χ4n) is 3.09. The molecule has 2 nitrogen and oxygen atoms in total. The summed E-state index contributed by atoms with van der Waals surface area (Å²) < 4.78 is 43.6. The average Bonchev–Trinajstić information content (AvgIpc) is 3.00. The number of hydrogen-bond acceptors (Lipinski definition) is 2. The molecule has 0 radical (unpaired) electrons. The molecule has 0 N–H and O–H groups in total. The Morgan fingerprint density at radius 1 is 0.852 bits per heavy atom. The van der Waals surface area contributed by atoms with Crippen LogP contribution in [0, 0.1) is 0 Å². The largest absolute Gasteiger partial charge is 0.452 e. The number of alkyl halides is 3. The highest BCUT2D eigenvalue weighted by Crippen LogP contribution is 2.48. The van der Waals surface area contributed by atoms with Crippen LogP contribution in [-0.4, -0.2) is 18.8 Å². The van der Waals surface area contributed by atoms with Crippen LogP contribution in [0.1, 0.15) is 10.4 Å². The topological polar surface area (TPSA) is 26.3 Å². The van der Waals surface area contributed by atoms with Crippen molar-refractivity contribution in [3.05, 3.63) is 78.4 Å². The van der Waals surface area contributed by atoms with Crippen LogP contribution >= 0.6 is 10.5 Å². The minimum atomic E-state index is -4.54. The number of ether oxygens (including phenoxy) is 1. The van der Waals surface area contributed by atoms with Crippen molar-refractivity contribution >= 4 is 36.6 Å². The van der Waals surface area contributed by atoms with E-state index in [-0.39, 0.29) is 5.56 Å². The SMILES string of the molecule is O=C(OCC(F)(F)F)c1cccc(-[s+]2c3ccccc3c3ccccc32)c1. The van der Waals surface area contributed by atoms with Crippen LogP contribution in [-0.2, 0) is 4.74 Å². The van der Waals surface area contributed by atoms with Gasteiger partial charge in [0, 0.05) is 27.3 Å². The van der Waals surface area contributed by atoms with E-state index in [4.69, 9.17) is 0 Å². The summed E-state index contributed by atoms with van der Waals surface area (Å²) in [5.41, 5.74) is 0.117. The van der Waals surface area contributed by atoms with Gasteiger partial charge in [0.1, 0.15) is 0 Å². The first-order chi connectivity index (χ1) is 12.9. The highest BCUT2D eigenvalue weighted by Gasteiger charge is 2.30. The predicted molar refractivity (Wildman–Crippen MR) is 102 cm³/mol. The first-order valence-corrected chi connectivity index (χ1v) is 9.43. The highest BCUT2D eigenvalue weighted by atomic mass is 32.2. The molecule has 0 spiro atoms. The van der Waals surface area contributed by atoms with Gasteiger partial charge in [0.25, 0.3) is 0 Å². The molecule has 0 atom stereocenters. The van der Waals surface area contributed by atoms with E-state index < -0.39 is 29.2 Å². The van der Waals surface area contributed by atoms with Gasteiger partial charge in [-0.1, -0.05) is 30.3 Å². The molecule has 0 fully saturated rings. The van der Waals surface area contributed by atoms with Crippen LogP contribution < -0.4 is 0 Å². The summed E-state index contributed by atoms with van der Waals surface area (Å²) in [6.45, 7) is -1.59. The summed E-state index contributed by atoms with van der Waals surface area (Å²) in [5.74, 6) is -0.974. The van der Waals surface area contributed by atoms with Crippen molar-refractivity contribution in [1.82, 2.24) is 0 Å². The summed E-state index contributed by atoms with van der Waals surface area (Å²) in [6.07, 6.45) is -4.54. The van der Waals surface area contributed by atoms with Crippen molar-refractivity contribution < 1.29 is 22.7 Å². The number of thiophene rings is 1. The molecule has 136 valence electrons. The molecule has 3 aromatic carbocycles. The number of hydrogen-bond donors (Lipinski definition) is 0. The second-order valence-corrected chi connectivity index (χ2v) is 7.98. The molecule has 1 heterocycles. The van der Waals surface area contributed by atoms with E-state index in [1.807, 2.05) is 42.5 Å². The summed E-state index contributed by atoms with van der Waals surface area (Å²) >= 11 is 0. The number of esters is 1. The van der Waals surface area contributed by atoms with Crippen molar-refractivity contribution in [3.63, 3.8) is 0 Å². The maximum absolute atomic E-state index is 12.3. The summed E-state index contributed by atoms with van der Waals surface area (Å²) in [7, 11) is -0.418. The Morgan fingerprint density at radius 2 is 1.44 bits per heavy atom. The van der Waals surface area contributed by atoms with E-state index in [0.717, 1.165) is 25.1 Å². The highest BCUT2D eigenvalue weighted by molar-refractivity contribution is 7.50. The first-order valence-electron chi connectivity index (χ1n) is 8.21. The van der Waals surface area contributed by atoms with Crippen LogP contribution in [0.3, 0.4) is 0 Å². The van der Waals surface area contributed by atoms with Gasteiger partial charge >= 0.3 is 12.1 Å². The van der Waals surface area contributed by atoms with E-state index in [9.17, 15) is 18.0 Å². The third-order valence-corrected chi connectivity index (χ3v) is 6.49. The summed E-state index contributed by atoms with van der Waals surface area (Å²) in [4.78, 5) is 12.9. The van der Waals surface area contributed by atoms with E-state index in [1.54, 1.807) is 12.1 Å². The van der Waals surface area contributed by atoms with Gasteiger partial charge in [-0.15, -0.1) is 0 Å². The van der Waals surface area contributed by atoms with Crippen LogP contribution in [0.4, 0.5) is 13.2 Å². The number of rotatable bonds is 3. The van der Waals surface area contributed by atoms with Crippen molar-refractivity contribution in [2.75, 3.05) is 6.61 Å². The second kappa shape index (κ2) is 6.70. The van der Waals surface area contributed by atoms with Gasteiger partial charge in [0.15, 0.2) is 20.9 Å². The van der Waals surface area contributed by atoms with Gasteiger partial charge in [-0.05, 0) is 36.4 Å². The van der Waals surface area contributed by atoms with Crippen molar-refractivity contribution in [3.8, 4) is 4.90 Å². The predicted octanol–water partition coefficient (Wildman–Crippen LogP) is 6.45. The minimum Gasteiger partial charge on any atom is -0.452 e. The molecule has 27 heavy (non-hydrogen) atoms. The van der Waals surface area contributed by atoms with Gasteiger partial charge in [0.2, 0.25) is 0 Å². The van der Waals surface area contributed by atoms with E-state index >= 15 is 0 Å². The lowest BCUT2D eigenvalue weighted by Gasteiger charge is -2.07. The first kappa shape index (κ1) is 17.5. The van der Waals surface area contributed by atoms with Gasteiger partial charge in [-0.3, -0.25) is 0 Å². The third kappa shape index (κ3) is 3.40. The molecular formula is C21H14F3O2S+. The third-order valence-electron chi connectivity index (χ3n) is 4.18. The Balaban J connectivity index is 1.81. The zero-order chi connectivity index (χ0) is 19.0. The lowest BCUT2D eigenvalue weighted by molar-refractivity contribution is -0.161. The summed E-state index contributed by atoms with van der Waals surface area (Å²) in [5, 5.41) is 2.28. The lowest BCUT2D eigenvalue weighted by atomic mass is 10.2. The van der Waals surface area contributed by atoms with Gasteiger partial charge in [-0.25, -0.2) is 4.79 Å². The van der Waals surface area contributed by atoms with Gasteiger partial charge in [0.05, 0.1) is 5.56 Å². The maximum Gasteiger partial charge on any atom is 0.422 e. The smallest absolute Gasteiger partial charge is 0.422 e. The zero-order valence-corrected chi connectivity index (χ0v) is 14.8. The Labute approximate surface area is 155 Å². The van der Waals surface area contributed by atoms with E-state index in [0.29, 0.717) is 0 Å². The van der Waals surface area contributed by atoms with Crippen molar-refractivity contribution in [2.45, 2.75) is 6.18 Å². The number of fused-ring (bicyclic) bond motifs is 3. The summed E-state index contributed by atoms with van der Waals surface area (Å²) in [6, 6.07) is 22.8. The Kier molecular flexibility index (Phi) is 4.36. The number of carbonyl (C=O) groups excluding carboxylic acids is 1. The number of halogens is 3. The number of carbonyl (C=O) groups is 1. The average molecular weight is 387 g/mol. The monoisotopic (exact) mass is 387 g/mol. The normalized spacial score (nSPS) is 11.8. The molecule has 0 unspecified atom stereocenters. The molecule has 6 heteroatoms. The quantitative estimate of drug-likeness (QED) is 0.298. The molecule has 0 amide bonds. The van der Waals surface area contributed by atoms with Gasteiger partial charge in [-0.2, -0.15) is 13.2 Å². The van der Waals surface area contributed by atoms with Crippen LogP contribution in [0.2, 0.25) is 0 Å². The van der Waals surface area contributed by atoms with Crippen LogP contribution in [0.25, 0.3) is 25.1 Å². The number of benzene rings is 3. The fourth-order valence-corrected chi connectivity index (χ4v) is 5.52. The molecule has 0 aliphatic rings. The molecular weight excluding hydrogens is 373 g/mol. The Morgan fingerprint density at radius 3 is 2.04 bits per heavy atom. The molecule has 0 saturated heterocycles. The lowest BCUT2D eigenvalue weighted by Crippen LogP contribution is -2.20. The fraction of sp³-hybridized carbons (Fsp3) is 0.0952. The second-order valence-electron chi connectivity index (χ2n) is 6.02. The molecule has 0 saturated carbocycles. The molecule has 1 aromatic heterocycles. The molecule has 4 aromatic rings. The maximum atomic E-state index is 12.3. The standard InChI is InChI=1S/C21H14F3O2S/c22-21(23,24)13-26-20(25)14-6-5-7-15(12-14)27-18-10-3-1-8-16(18)17-9-2-4-11-19(17)27/h1-12H,13H2/q+1. The van der Waals surface area contributed by atoms with E-state index in [1.165, 1.54) is 6.07 Å². The van der Waals surface area contributed by atoms with Crippen LogP contribution in [0.5, 0.6) is 0 Å². The zero-order valence-electron chi connectivity index (χ0n) is 14.0. The van der Waals surface area contributed by atoms with Gasteiger partial charge < -0.3 is 4.74 Å². The molecule has 4 rings (SSSR count). The van der Waals surface area contributed by atoms with Crippen molar-refractivity contribution in [1.29, 1.82) is 0 Å². The Bertz CT molecular complexity index is 1090. The van der Waals surface area contributed by atoms with Crippen LogP contribution in [0.15, 0.2) is 72.8 Å². The Hall–Kier alpha value is -2.86. The van der Waals surface area contributed by atoms with Crippen molar-refractivity contribution in [2.24, 2.45) is 0 Å². The minimum absolute atomic E-state index is 0.117. The van der Waals surface area contributed by atoms with E-state index in [2.05, 4.69) is 16.9 Å².